The summed E-state index contributed by atoms with van der Waals surface area (Å²) in [5, 5.41) is 2.00. The van der Waals surface area contributed by atoms with Crippen LogP contribution in [-0.2, 0) is 0 Å². The normalized spacial score (nSPS) is 10.4. The van der Waals surface area contributed by atoms with Crippen molar-refractivity contribution in [1.82, 2.24) is 0 Å². The van der Waals surface area contributed by atoms with Gasteiger partial charge in [0.25, 0.3) is 5.91 Å². The van der Waals surface area contributed by atoms with Gasteiger partial charge in [0.2, 0.25) is 0 Å². The number of carbonyl (C=O) groups is 1. The Labute approximate surface area is 111 Å². The Kier molecular flexibility index (Phi) is 3.60. The number of nitrogens with two attached hydrogens (primary N) is 1. The van der Waals surface area contributed by atoms with Gasteiger partial charge in [-0.05, 0) is 12.1 Å². The maximum Gasteiger partial charge on any atom is 0.257 e. The van der Waals surface area contributed by atoms with Crippen LogP contribution in [0.4, 0.5) is 28.9 Å². The number of halogens is 4. The van der Waals surface area contributed by atoms with E-state index in [1.54, 1.807) is 0 Å². The largest absolute Gasteiger partial charge is 0.396 e. The minimum atomic E-state index is -1.38. The van der Waals surface area contributed by atoms with Gasteiger partial charge in [-0.1, -0.05) is 6.07 Å². The summed E-state index contributed by atoms with van der Waals surface area (Å²) < 4.78 is 52.3. The molecule has 0 aliphatic rings. The molecule has 2 aromatic carbocycles. The zero-order valence-electron chi connectivity index (χ0n) is 9.88. The van der Waals surface area contributed by atoms with Crippen LogP contribution in [-0.4, -0.2) is 5.91 Å². The first-order valence-corrected chi connectivity index (χ1v) is 5.40. The number of nitrogen functional groups attached to an aromatic ring is 1. The number of carbonyl (C=O) groups excluding carboxylic acids is 1. The second-order valence-electron chi connectivity index (χ2n) is 3.90. The zero-order chi connectivity index (χ0) is 14.9. The van der Waals surface area contributed by atoms with Gasteiger partial charge in [0, 0.05) is 12.1 Å². The summed E-state index contributed by atoms with van der Waals surface area (Å²) in [6.45, 7) is 0. The molecule has 0 saturated heterocycles. The van der Waals surface area contributed by atoms with Gasteiger partial charge in [-0.15, -0.1) is 0 Å². The monoisotopic (exact) mass is 284 g/mol. The summed E-state index contributed by atoms with van der Waals surface area (Å²) in [4.78, 5) is 11.8. The third-order valence-corrected chi connectivity index (χ3v) is 2.56. The van der Waals surface area contributed by atoms with Gasteiger partial charge in [-0.3, -0.25) is 4.79 Å². The second-order valence-corrected chi connectivity index (χ2v) is 3.90. The number of rotatable bonds is 2. The summed E-state index contributed by atoms with van der Waals surface area (Å²) in [5.74, 6) is -5.62. The van der Waals surface area contributed by atoms with Crippen molar-refractivity contribution in [2.45, 2.75) is 0 Å². The van der Waals surface area contributed by atoms with E-state index in [0.29, 0.717) is 12.1 Å². The molecule has 0 heterocycles. The molecule has 2 aromatic rings. The van der Waals surface area contributed by atoms with Crippen LogP contribution in [0, 0.1) is 23.3 Å². The standard InChI is InChI=1S/C13H8F4N2O/c14-7-3-1-2-6(12(7)18)13(20)19-11-5-9(16)8(15)4-10(11)17/h1-5H,18H2,(H,19,20). The maximum atomic E-state index is 13.4. The minimum absolute atomic E-state index is 0.242. The Bertz CT molecular complexity index is 688. The minimum Gasteiger partial charge on any atom is -0.396 e. The predicted molar refractivity (Wildman–Crippen MR) is 65.1 cm³/mol. The first-order chi connectivity index (χ1) is 9.40. The molecule has 0 saturated carbocycles. The molecule has 0 unspecified atom stereocenters. The zero-order valence-corrected chi connectivity index (χ0v) is 9.88. The van der Waals surface area contributed by atoms with E-state index < -0.39 is 40.6 Å². The maximum absolute atomic E-state index is 13.4. The van der Waals surface area contributed by atoms with Crippen molar-refractivity contribution < 1.29 is 22.4 Å². The molecule has 0 radical (unpaired) electrons. The van der Waals surface area contributed by atoms with E-state index in [2.05, 4.69) is 0 Å². The highest BCUT2D eigenvalue weighted by Crippen LogP contribution is 2.21. The van der Waals surface area contributed by atoms with E-state index in [4.69, 9.17) is 5.73 Å². The summed E-state index contributed by atoms with van der Waals surface area (Å²) in [6, 6.07) is 4.27. The van der Waals surface area contributed by atoms with Crippen LogP contribution in [0.3, 0.4) is 0 Å². The highest BCUT2D eigenvalue weighted by molar-refractivity contribution is 6.07. The lowest BCUT2D eigenvalue weighted by Crippen LogP contribution is -2.16. The number of nitrogens with one attached hydrogen (secondary N) is 1. The van der Waals surface area contributed by atoms with Gasteiger partial charge in [-0.25, -0.2) is 17.6 Å². The van der Waals surface area contributed by atoms with Crippen LogP contribution < -0.4 is 11.1 Å². The number of benzene rings is 2. The average Bonchev–Trinajstić information content (AvgIpc) is 2.39. The van der Waals surface area contributed by atoms with Gasteiger partial charge >= 0.3 is 0 Å². The molecule has 0 aromatic heterocycles. The molecular weight excluding hydrogens is 276 g/mol. The van der Waals surface area contributed by atoms with Crippen molar-refractivity contribution in [2.24, 2.45) is 0 Å². The van der Waals surface area contributed by atoms with Gasteiger partial charge in [-0.2, -0.15) is 0 Å². The van der Waals surface area contributed by atoms with Gasteiger partial charge in [0.15, 0.2) is 11.6 Å². The molecular formula is C13H8F4N2O. The number of hydrogen-bond donors (Lipinski definition) is 2. The van der Waals surface area contributed by atoms with Gasteiger partial charge in [0.05, 0.1) is 16.9 Å². The lowest BCUT2D eigenvalue weighted by Gasteiger charge is -2.09. The Balaban J connectivity index is 2.33. The van der Waals surface area contributed by atoms with Crippen molar-refractivity contribution in [3.05, 3.63) is 59.2 Å². The smallest absolute Gasteiger partial charge is 0.257 e. The van der Waals surface area contributed by atoms with Gasteiger partial charge < -0.3 is 11.1 Å². The molecule has 2 rings (SSSR count). The number of amides is 1. The van der Waals surface area contributed by atoms with Crippen molar-refractivity contribution >= 4 is 17.3 Å². The Morgan fingerprint density at radius 2 is 1.60 bits per heavy atom. The molecule has 0 bridgehead atoms. The van der Waals surface area contributed by atoms with E-state index in [9.17, 15) is 22.4 Å². The number of para-hydroxylation sites is 1. The number of hydrogen-bond acceptors (Lipinski definition) is 2. The molecule has 20 heavy (non-hydrogen) atoms. The average molecular weight is 284 g/mol. The van der Waals surface area contributed by atoms with Crippen LogP contribution in [0.2, 0.25) is 0 Å². The third-order valence-electron chi connectivity index (χ3n) is 2.56. The highest BCUT2D eigenvalue weighted by Gasteiger charge is 2.16. The summed E-state index contributed by atoms with van der Waals surface area (Å²) in [5.41, 5.74) is 4.13. The summed E-state index contributed by atoms with van der Waals surface area (Å²) in [7, 11) is 0. The Hall–Kier alpha value is -2.57. The third kappa shape index (κ3) is 2.56. The fourth-order valence-corrected chi connectivity index (χ4v) is 1.54. The molecule has 7 heteroatoms. The fraction of sp³-hybridized carbons (Fsp3) is 0. The van der Waals surface area contributed by atoms with E-state index in [1.165, 1.54) is 12.1 Å². The molecule has 0 aliphatic heterocycles. The molecule has 1 amide bonds. The topological polar surface area (TPSA) is 55.1 Å². The lowest BCUT2D eigenvalue weighted by atomic mass is 10.1. The van der Waals surface area contributed by atoms with Gasteiger partial charge in [0.1, 0.15) is 11.6 Å². The molecule has 0 aliphatic carbocycles. The Morgan fingerprint density at radius 3 is 2.30 bits per heavy atom. The quantitative estimate of drug-likeness (QED) is 0.506. The SMILES string of the molecule is Nc1c(F)cccc1C(=O)Nc1cc(F)c(F)cc1F. The van der Waals surface area contributed by atoms with Crippen LogP contribution in [0.5, 0.6) is 0 Å². The molecule has 0 spiro atoms. The molecule has 3 N–H and O–H groups in total. The van der Waals surface area contributed by atoms with E-state index in [-0.39, 0.29) is 5.56 Å². The van der Waals surface area contributed by atoms with E-state index in [0.717, 1.165) is 6.07 Å². The van der Waals surface area contributed by atoms with Crippen molar-refractivity contribution in [3.8, 4) is 0 Å². The lowest BCUT2D eigenvalue weighted by molar-refractivity contribution is 0.102. The fourth-order valence-electron chi connectivity index (χ4n) is 1.54. The second kappa shape index (κ2) is 5.20. The van der Waals surface area contributed by atoms with Crippen LogP contribution in [0.15, 0.2) is 30.3 Å². The Morgan fingerprint density at radius 1 is 0.950 bits per heavy atom. The molecule has 3 nitrogen and oxygen atoms in total. The van der Waals surface area contributed by atoms with Crippen LogP contribution in [0.25, 0.3) is 0 Å². The molecule has 104 valence electrons. The van der Waals surface area contributed by atoms with Crippen LogP contribution >= 0.6 is 0 Å². The first-order valence-electron chi connectivity index (χ1n) is 5.40. The first kappa shape index (κ1) is 13.9. The van der Waals surface area contributed by atoms with Crippen molar-refractivity contribution in [1.29, 1.82) is 0 Å². The van der Waals surface area contributed by atoms with Crippen molar-refractivity contribution in [2.75, 3.05) is 11.1 Å². The van der Waals surface area contributed by atoms with Crippen LogP contribution in [0.1, 0.15) is 10.4 Å². The van der Waals surface area contributed by atoms with E-state index >= 15 is 0 Å². The van der Waals surface area contributed by atoms with E-state index in [1.807, 2.05) is 5.32 Å². The summed E-state index contributed by atoms with van der Waals surface area (Å²) in [6.07, 6.45) is 0. The molecule has 0 atom stereocenters. The number of anilines is 2. The summed E-state index contributed by atoms with van der Waals surface area (Å²) >= 11 is 0. The highest BCUT2D eigenvalue weighted by atomic mass is 19.2. The van der Waals surface area contributed by atoms with Crippen molar-refractivity contribution in [3.63, 3.8) is 0 Å². The molecule has 0 fully saturated rings. The predicted octanol–water partition coefficient (Wildman–Crippen LogP) is 3.08.